The Morgan fingerprint density at radius 3 is 2.58 bits per heavy atom. The Labute approximate surface area is 153 Å². The van der Waals surface area contributed by atoms with Crippen LogP contribution in [0.1, 0.15) is 5.56 Å². The number of carbonyl (C=O) groups is 3. The van der Waals surface area contributed by atoms with Crippen molar-refractivity contribution in [2.75, 3.05) is 11.6 Å². The molecule has 132 valence electrons. The lowest BCUT2D eigenvalue weighted by molar-refractivity contribution is -0.139. The Bertz CT molecular complexity index is 911. The van der Waals surface area contributed by atoms with Gasteiger partial charge in [0.2, 0.25) is 0 Å². The predicted molar refractivity (Wildman–Crippen MR) is 94.6 cm³/mol. The highest BCUT2D eigenvalue weighted by molar-refractivity contribution is 6.33. The maximum atomic E-state index is 12.5. The van der Waals surface area contributed by atoms with Crippen molar-refractivity contribution in [2.24, 2.45) is 0 Å². The normalized spacial score (nSPS) is 15.3. The molecule has 0 saturated carbocycles. The number of hydrogen-bond donors (Lipinski definition) is 2. The van der Waals surface area contributed by atoms with Gasteiger partial charge in [0.15, 0.2) is 6.61 Å². The number of benzene rings is 2. The predicted octanol–water partition coefficient (Wildman–Crippen LogP) is 2.26. The fourth-order valence-corrected chi connectivity index (χ4v) is 2.59. The number of para-hydroxylation sites is 1. The van der Waals surface area contributed by atoms with Crippen molar-refractivity contribution in [1.29, 1.82) is 0 Å². The molecule has 2 aromatic carbocycles. The van der Waals surface area contributed by atoms with Crippen molar-refractivity contribution in [3.63, 3.8) is 0 Å². The van der Waals surface area contributed by atoms with Crippen LogP contribution in [0.3, 0.4) is 0 Å². The third-order valence-electron chi connectivity index (χ3n) is 3.52. The maximum absolute atomic E-state index is 12.5. The number of amides is 2. The maximum Gasteiger partial charge on any atom is 0.341 e. The number of aliphatic carboxylic acids is 1. The summed E-state index contributed by atoms with van der Waals surface area (Å²) in [4.78, 5) is 35.2. The van der Waals surface area contributed by atoms with Gasteiger partial charge in [0.25, 0.3) is 11.8 Å². The minimum absolute atomic E-state index is 0.0378. The average molecular weight is 373 g/mol. The molecule has 1 saturated heterocycles. The fraction of sp³-hybridized carbons (Fsp3) is 0.0556. The van der Waals surface area contributed by atoms with Crippen LogP contribution in [-0.2, 0) is 14.4 Å². The second-order valence-corrected chi connectivity index (χ2v) is 5.75. The molecule has 3 rings (SSSR count). The molecule has 1 aliphatic rings. The number of ether oxygens (including phenoxy) is 1. The lowest BCUT2D eigenvalue weighted by Gasteiger charge is -2.13. The second-order valence-electron chi connectivity index (χ2n) is 5.35. The second kappa shape index (κ2) is 7.28. The molecule has 0 atom stereocenters. The van der Waals surface area contributed by atoms with Crippen molar-refractivity contribution in [2.45, 2.75) is 0 Å². The molecule has 7 nitrogen and oxygen atoms in total. The van der Waals surface area contributed by atoms with Crippen LogP contribution < -0.4 is 15.2 Å². The largest absolute Gasteiger partial charge is 0.480 e. The standard InChI is InChI=1S/C18H13ClN2O5/c19-14-9-11(6-7-15(14)26-10-16(22)23)8-13-17(24)20-21(18(13)25)12-4-2-1-3-5-12/h1-9H,10H2,(H,20,24)(H,22,23)/b13-8-. The van der Waals surface area contributed by atoms with Crippen LogP contribution in [0.2, 0.25) is 5.02 Å². The molecule has 2 aromatic rings. The Hall–Kier alpha value is -3.32. The monoisotopic (exact) mass is 372 g/mol. The van der Waals surface area contributed by atoms with Gasteiger partial charge in [-0.1, -0.05) is 35.9 Å². The first-order chi connectivity index (χ1) is 12.5. The van der Waals surface area contributed by atoms with Crippen LogP contribution in [0.25, 0.3) is 6.08 Å². The first-order valence-electron chi connectivity index (χ1n) is 7.52. The topological polar surface area (TPSA) is 95.9 Å². The van der Waals surface area contributed by atoms with Gasteiger partial charge in [-0.3, -0.25) is 15.0 Å². The SMILES string of the molecule is O=C(O)COc1ccc(/C=C2/C(=O)NN(c3ccccc3)C2=O)cc1Cl. The minimum atomic E-state index is -1.12. The number of nitrogens with one attached hydrogen (secondary N) is 1. The van der Waals surface area contributed by atoms with Gasteiger partial charge in [-0.15, -0.1) is 0 Å². The van der Waals surface area contributed by atoms with E-state index in [1.54, 1.807) is 36.4 Å². The van der Waals surface area contributed by atoms with E-state index in [9.17, 15) is 14.4 Å². The molecule has 0 spiro atoms. The fourth-order valence-electron chi connectivity index (χ4n) is 2.35. The van der Waals surface area contributed by atoms with Crippen LogP contribution in [0, 0.1) is 0 Å². The van der Waals surface area contributed by atoms with Crippen LogP contribution in [-0.4, -0.2) is 29.5 Å². The third-order valence-corrected chi connectivity index (χ3v) is 3.82. The molecule has 8 heteroatoms. The quantitative estimate of drug-likeness (QED) is 0.620. The number of anilines is 1. The molecular formula is C18H13ClN2O5. The van der Waals surface area contributed by atoms with E-state index in [0.717, 1.165) is 0 Å². The van der Waals surface area contributed by atoms with Crippen molar-refractivity contribution in [1.82, 2.24) is 5.43 Å². The third kappa shape index (κ3) is 3.68. The summed E-state index contributed by atoms with van der Waals surface area (Å²) >= 11 is 6.05. The molecule has 1 heterocycles. The molecule has 0 unspecified atom stereocenters. The number of carbonyl (C=O) groups excluding carboxylic acids is 2. The van der Waals surface area contributed by atoms with Gasteiger partial charge in [0.05, 0.1) is 10.7 Å². The van der Waals surface area contributed by atoms with Gasteiger partial charge in [0, 0.05) is 0 Å². The zero-order chi connectivity index (χ0) is 18.7. The van der Waals surface area contributed by atoms with Crippen molar-refractivity contribution >= 4 is 41.1 Å². The zero-order valence-corrected chi connectivity index (χ0v) is 14.1. The smallest absolute Gasteiger partial charge is 0.341 e. The Morgan fingerprint density at radius 2 is 1.92 bits per heavy atom. The summed E-state index contributed by atoms with van der Waals surface area (Å²) in [5.74, 6) is -1.93. The van der Waals surface area contributed by atoms with Crippen LogP contribution in [0.15, 0.2) is 54.1 Å². The van der Waals surface area contributed by atoms with Crippen molar-refractivity contribution in [3.05, 3.63) is 64.7 Å². The number of rotatable bonds is 5. The van der Waals surface area contributed by atoms with Gasteiger partial charge in [-0.25, -0.2) is 9.80 Å². The lowest BCUT2D eigenvalue weighted by atomic mass is 10.1. The minimum Gasteiger partial charge on any atom is -0.480 e. The number of hydrazine groups is 1. The van der Waals surface area contributed by atoms with Gasteiger partial charge >= 0.3 is 5.97 Å². The van der Waals surface area contributed by atoms with E-state index in [2.05, 4.69) is 5.43 Å². The highest BCUT2D eigenvalue weighted by Gasteiger charge is 2.34. The van der Waals surface area contributed by atoms with E-state index in [-0.39, 0.29) is 16.3 Å². The summed E-state index contributed by atoms with van der Waals surface area (Å²) in [6.07, 6.45) is 1.41. The number of carboxylic acid groups (broad SMARTS) is 1. The molecule has 1 aliphatic heterocycles. The van der Waals surface area contributed by atoms with E-state index in [1.807, 2.05) is 0 Å². The average Bonchev–Trinajstić information content (AvgIpc) is 2.90. The molecule has 0 aliphatic carbocycles. The number of halogens is 1. The molecule has 0 aromatic heterocycles. The molecule has 26 heavy (non-hydrogen) atoms. The van der Waals surface area contributed by atoms with Gasteiger partial charge < -0.3 is 9.84 Å². The summed E-state index contributed by atoms with van der Waals surface area (Å²) < 4.78 is 5.03. The lowest BCUT2D eigenvalue weighted by Crippen LogP contribution is -2.35. The van der Waals surface area contributed by atoms with E-state index >= 15 is 0 Å². The number of carboxylic acids is 1. The summed E-state index contributed by atoms with van der Waals surface area (Å²) in [5, 5.41) is 9.96. The Balaban J connectivity index is 1.83. The highest BCUT2D eigenvalue weighted by Crippen LogP contribution is 2.27. The van der Waals surface area contributed by atoms with E-state index in [4.69, 9.17) is 21.4 Å². The summed E-state index contributed by atoms with van der Waals surface area (Å²) in [7, 11) is 0. The van der Waals surface area contributed by atoms with E-state index in [1.165, 1.54) is 23.2 Å². The van der Waals surface area contributed by atoms with E-state index in [0.29, 0.717) is 11.3 Å². The zero-order valence-electron chi connectivity index (χ0n) is 13.3. The van der Waals surface area contributed by atoms with Crippen LogP contribution >= 0.6 is 11.6 Å². The van der Waals surface area contributed by atoms with Crippen molar-refractivity contribution < 1.29 is 24.2 Å². The molecule has 0 bridgehead atoms. The van der Waals surface area contributed by atoms with Gasteiger partial charge in [-0.05, 0) is 35.9 Å². The molecule has 2 amide bonds. The Morgan fingerprint density at radius 1 is 1.19 bits per heavy atom. The molecule has 0 radical (unpaired) electrons. The van der Waals surface area contributed by atoms with Gasteiger partial charge in [-0.2, -0.15) is 0 Å². The first kappa shape index (κ1) is 17.5. The number of hydrogen-bond acceptors (Lipinski definition) is 4. The Kier molecular flexibility index (Phi) is 4.90. The highest BCUT2D eigenvalue weighted by atomic mass is 35.5. The summed E-state index contributed by atoms with van der Waals surface area (Å²) in [6.45, 7) is -0.521. The summed E-state index contributed by atoms with van der Waals surface area (Å²) in [5.41, 5.74) is 3.52. The van der Waals surface area contributed by atoms with Crippen molar-refractivity contribution in [3.8, 4) is 5.75 Å². The van der Waals surface area contributed by atoms with E-state index < -0.39 is 24.4 Å². The summed E-state index contributed by atoms with van der Waals surface area (Å²) in [6, 6.07) is 13.2. The molecule has 2 N–H and O–H groups in total. The van der Waals surface area contributed by atoms with Crippen LogP contribution in [0.4, 0.5) is 5.69 Å². The van der Waals surface area contributed by atoms with Crippen LogP contribution in [0.5, 0.6) is 5.75 Å². The molecular weight excluding hydrogens is 360 g/mol. The first-order valence-corrected chi connectivity index (χ1v) is 7.90. The number of nitrogens with zero attached hydrogens (tertiary/aromatic N) is 1. The molecule has 1 fully saturated rings. The van der Waals surface area contributed by atoms with Gasteiger partial charge in [0.1, 0.15) is 11.3 Å².